The SMILES string of the molecule is CC(O)C(=O)O[SiH](C)C.N. The smallest absolute Gasteiger partial charge is 0.321 e. The Balaban J connectivity index is 0. The van der Waals surface area contributed by atoms with Gasteiger partial charge in [-0.2, -0.15) is 0 Å². The van der Waals surface area contributed by atoms with Gasteiger partial charge in [0, 0.05) is 0 Å². The molecule has 4 N–H and O–H groups in total. The van der Waals surface area contributed by atoms with Crippen LogP contribution in [-0.4, -0.2) is 26.2 Å². The highest BCUT2D eigenvalue weighted by Gasteiger charge is 2.11. The molecule has 0 aliphatic rings. The van der Waals surface area contributed by atoms with Crippen LogP contribution in [0.15, 0.2) is 0 Å². The highest BCUT2D eigenvalue weighted by Crippen LogP contribution is 1.89. The lowest BCUT2D eigenvalue weighted by Gasteiger charge is -2.07. The van der Waals surface area contributed by atoms with Gasteiger partial charge in [0.05, 0.1) is 0 Å². The number of hydrogen-bond donors (Lipinski definition) is 2. The standard InChI is InChI=1S/C5H12O3Si.H3N/c1-4(6)5(7)8-9(2)3;/h4,6,9H,1-3H3;1H3. The molecule has 5 heteroatoms. The topological polar surface area (TPSA) is 81.5 Å². The van der Waals surface area contributed by atoms with E-state index in [4.69, 9.17) is 9.53 Å². The van der Waals surface area contributed by atoms with Gasteiger partial charge >= 0.3 is 5.97 Å². The van der Waals surface area contributed by atoms with E-state index in [0.29, 0.717) is 0 Å². The summed E-state index contributed by atoms with van der Waals surface area (Å²) in [5.41, 5.74) is 0. The predicted molar refractivity (Wildman–Crippen MR) is 41.7 cm³/mol. The van der Waals surface area contributed by atoms with E-state index in [2.05, 4.69) is 0 Å². The maximum absolute atomic E-state index is 10.5. The van der Waals surface area contributed by atoms with Gasteiger partial charge in [0.15, 0.2) is 0 Å². The Morgan fingerprint density at radius 1 is 1.60 bits per heavy atom. The summed E-state index contributed by atoms with van der Waals surface area (Å²) in [5.74, 6) is -0.503. The molecule has 0 saturated heterocycles. The molecular weight excluding hydrogens is 150 g/mol. The molecule has 0 aromatic heterocycles. The van der Waals surface area contributed by atoms with Crippen molar-refractivity contribution in [1.29, 1.82) is 0 Å². The molecule has 0 bridgehead atoms. The minimum atomic E-state index is -1.29. The normalized spacial score (nSPS) is 12.1. The van der Waals surface area contributed by atoms with Crippen molar-refractivity contribution in [3.63, 3.8) is 0 Å². The van der Waals surface area contributed by atoms with Crippen LogP contribution in [0.5, 0.6) is 0 Å². The second kappa shape index (κ2) is 5.40. The fraction of sp³-hybridized carbons (Fsp3) is 0.800. The van der Waals surface area contributed by atoms with Gasteiger partial charge in [-0.25, -0.2) is 0 Å². The number of aliphatic hydroxyl groups excluding tert-OH is 1. The second-order valence-corrected chi connectivity index (χ2v) is 4.49. The van der Waals surface area contributed by atoms with E-state index in [-0.39, 0.29) is 6.15 Å². The van der Waals surface area contributed by atoms with Gasteiger partial charge in [-0.15, -0.1) is 0 Å². The molecule has 0 aromatic rings. The van der Waals surface area contributed by atoms with Gasteiger partial charge in [0.2, 0.25) is 9.04 Å². The molecule has 1 unspecified atom stereocenters. The Morgan fingerprint density at radius 3 is 2.10 bits per heavy atom. The van der Waals surface area contributed by atoms with Crippen molar-refractivity contribution >= 4 is 15.0 Å². The molecule has 0 amide bonds. The lowest BCUT2D eigenvalue weighted by atomic mass is 10.4. The second-order valence-electron chi connectivity index (χ2n) is 2.16. The lowest BCUT2D eigenvalue weighted by molar-refractivity contribution is -0.143. The molecule has 0 radical (unpaired) electrons. The molecule has 0 aromatic carbocycles. The zero-order valence-electron chi connectivity index (χ0n) is 6.63. The van der Waals surface area contributed by atoms with Gasteiger partial charge in [0.25, 0.3) is 0 Å². The molecule has 0 saturated carbocycles. The third kappa shape index (κ3) is 5.74. The minimum absolute atomic E-state index is 0. The Kier molecular flexibility index (Phi) is 6.64. The molecule has 0 aliphatic carbocycles. The molecule has 4 nitrogen and oxygen atoms in total. The van der Waals surface area contributed by atoms with Gasteiger partial charge < -0.3 is 15.7 Å². The summed E-state index contributed by atoms with van der Waals surface area (Å²) in [6.45, 7) is 5.15. The molecule has 1 atom stereocenters. The van der Waals surface area contributed by atoms with Crippen LogP contribution in [0.4, 0.5) is 0 Å². The summed E-state index contributed by atoms with van der Waals surface area (Å²) >= 11 is 0. The minimum Gasteiger partial charge on any atom is -0.521 e. The molecular formula is C5H15NO3Si. The molecule has 10 heavy (non-hydrogen) atoms. The van der Waals surface area contributed by atoms with Crippen LogP contribution < -0.4 is 6.15 Å². The summed E-state index contributed by atoms with van der Waals surface area (Å²) in [7, 11) is -1.29. The van der Waals surface area contributed by atoms with Crippen LogP contribution in [-0.2, 0) is 9.22 Å². The van der Waals surface area contributed by atoms with E-state index in [1.807, 2.05) is 13.1 Å². The summed E-state index contributed by atoms with van der Waals surface area (Å²) < 4.78 is 4.76. The first-order valence-corrected chi connectivity index (χ1v) is 5.70. The van der Waals surface area contributed by atoms with Gasteiger partial charge in [-0.05, 0) is 20.0 Å². The maximum atomic E-state index is 10.5. The zero-order valence-corrected chi connectivity index (χ0v) is 7.78. The van der Waals surface area contributed by atoms with E-state index < -0.39 is 21.1 Å². The highest BCUT2D eigenvalue weighted by atomic mass is 28.3. The molecule has 62 valence electrons. The fourth-order valence-electron chi connectivity index (χ4n) is 0.331. The van der Waals surface area contributed by atoms with E-state index >= 15 is 0 Å². The number of carbonyl (C=O) groups is 1. The van der Waals surface area contributed by atoms with Crippen LogP contribution in [0, 0.1) is 0 Å². The molecule has 0 fully saturated rings. The fourth-order valence-corrected chi connectivity index (χ4v) is 0.992. The van der Waals surface area contributed by atoms with Crippen LogP contribution in [0.25, 0.3) is 0 Å². The van der Waals surface area contributed by atoms with Gasteiger partial charge in [0.1, 0.15) is 6.10 Å². The Bertz CT molecular complexity index is 105. The summed E-state index contributed by atoms with van der Waals surface area (Å²) in [5, 5.41) is 8.62. The third-order valence-corrected chi connectivity index (χ3v) is 1.40. The number of rotatable bonds is 2. The van der Waals surface area contributed by atoms with Crippen LogP contribution in [0.3, 0.4) is 0 Å². The van der Waals surface area contributed by atoms with Crippen LogP contribution in [0.1, 0.15) is 6.92 Å². The number of aliphatic hydroxyl groups is 1. The molecule has 0 aliphatic heterocycles. The van der Waals surface area contributed by atoms with E-state index in [1.54, 1.807) is 0 Å². The van der Waals surface area contributed by atoms with Crippen molar-refractivity contribution in [3.05, 3.63) is 0 Å². The summed E-state index contributed by atoms with van der Waals surface area (Å²) in [6, 6.07) is 0. The van der Waals surface area contributed by atoms with Crippen molar-refractivity contribution < 1.29 is 14.3 Å². The molecule has 0 spiro atoms. The summed E-state index contributed by atoms with van der Waals surface area (Å²) in [4.78, 5) is 10.5. The Hall–Kier alpha value is -0.393. The first-order valence-electron chi connectivity index (χ1n) is 2.92. The predicted octanol–water partition coefficient (Wildman–Crippen LogP) is 0.0558. The monoisotopic (exact) mass is 165 g/mol. The highest BCUT2D eigenvalue weighted by molar-refractivity contribution is 6.50. The average Bonchev–Trinajstić information content (AvgIpc) is 1.63. The summed E-state index contributed by atoms with van der Waals surface area (Å²) in [6.07, 6.45) is -0.972. The lowest BCUT2D eigenvalue weighted by Crippen LogP contribution is -2.24. The Morgan fingerprint density at radius 2 is 2.00 bits per heavy atom. The van der Waals surface area contributed by atoms with Crippen molar-refractivity contribution in [2.45, 2.75) is 26.1 Å². The first kappa shape index (κ1) is 12.3. The van der Waals surface area contributed by atoms with E-state index in [1.165, 1.54) is 6.92 Å². The van der Waals surface area contributed by atoms with Crippen molar-refractivity contribution in [1.82, 2.24) is 6.15 Å². The maximum Gasteiger partial charge on any atom is 0.321 e. The first-order chi connectivity index (χ1) is 4.04. The molecule has 0 rings (SSSR count). The number of hydrogen-bond acceptors (Lipinski definition) is 4. The largest absolute Gasteiger partial charge is 0.521 e. The third-order valence-electron chi connectivity index (χ3n) is 0.693. The van der Waals surface area contributed by atoms with Crippen molar-refractivity contribution in [2.75, 3.05) is 0 Å². The average molecular weight is 165 g/mol. The Labute approximate surface area is 62.5 Å². The molecule has 0 heterocycles. The zero-order chi connectivity index (χ0) is 7.44. The van der Waals surface area contributed by atoms with Crippen molar-refractivity contribution in [3.8, 4) is 0 Å². The van der Waals surface area contributed by atoms with Crippen LogP contribution in [0.2, 0.25) is 13.1 Å². The van der Waals surface area contributed by atoms with Gasteiger partial charge in [-0.3, -0.25) is 4.79 Å². The quantitative estimate of drug-likeness (QED) is 0.567. The number of carbonyl (C=O) groups excluding carboxylic acids is 1. The van der Waals surface area contributed by atoms with Crippen LogP contribution >= 0.6 is 0 Å². The van der Waals surface area contributed by atoms with E-state index in [9.17, 15) is 4.79 Å². The van der Waals surface area contributed by atoms with Crippen molar-refractivity contribution in [2.24, 2.45) is 0 Å². The van der Waals surface area contributed by atoms with E-state index in [0.717, 1.165) is 0 Å². The van der Waals surface area contributed by atoms with Gasteiger partial charge in [-0.1, -0.05) is 0 Å².